The van der Waals surface area contributed by atoms with Crippen molar-refractivity contribution in [2.24, 2.45) is 0 Å². The van der Waals surface area contributed by atoms with Gasteiger partial charge in [0.2, 0.25) is 0 Å². The molecule has 0 aliphatic carbocycles. The molecule has 8 heteroatoms. The van der Waals surface area contributed by atoms with Gasteiger partial charge in [0.1, 0.15) is 12.3 Å². The Morgan fingerprint density at radius 2 is 2.22 bits per heavy atom. The Kier molecular flexibility index (Phi) is 5.26. The molecule has 102 valence electrons. The van der Waals surface area contributed by atoms with Crippen molar-refractivity contribution < 1.29 is 22.7 Å². The summed E-state index contributed by atoms with van der Waals surface area (Å²) < 4.78 is 41.2. The van der Waals surface area contributed by atoms with Crippen molar-refractivity contribution in [3.8, 4) is 0 Å². The van der Waals surface area contributed by atoms with Crippen LogP contribution >= 0.6 is 0 Å². The van der Waals surface area contributed by atoms with Gasteiger partial charge in [-0.05, 0) is 6.42 Å². The van der Waals surface area contributed by atoms with E-state index in [2.05, 4.69) is 15.0 Å². The number of ketones is 1. The molecule has 0 fully saturated rings. The monoisotopic (exact) mass is 265 g/mol. The number of hydrogen-bond donors (Lipinski definition) is 0. The Hall–Kier alpha value is -1.44. The number of carbonyl (C=O) groups is 1. The first kappa shape index (κ1) is 14.6. The van der Waals surface area contributed by atoms with Gasteiger partial charge in [0.25, 0.3) is 0 Å². The van der Waals surface area contributed by atoms with E-state index in [4.69, 9.17) is 0 Å². The average Bonchev–Trinajstić information content (AvgIpc) is 2.71. The lowest BCUT2D eigenvalue weighted by Gasteiger charge is -2.07. The molecule has 5 nitrogen and oxygen atoms in total. The third kappa shape index (κ3) is 4.82. The molecule has 1 aromatic heterocycles. The van der Waals surface area contributed by atoms with Crippen LogP contribution < -0.4 is 0 Å². The van der Waals surface area contributed by atoms with E-state index in [1.165, 1.54) is 10.9 Å². The molecule has 1 rings (SSSR count). The molecule has 0 bridgehead atoms. The summed E-state index contributed by atoms with van der Waals surface area (Å²) in [5.74, 6) is -0.323. The lowest BCUT2D eigenvalue weighted by Crippen LogP contribution is -2.19. The molecule has 0 amide bonds. The molecule has 0 saturated carbocycles. The first-order valence-corrected chi connectivity index (χ1v) is 5.50. The number of halogens is 3. The zero-order valence-electron chi connectivity index (χ0n) is 9.90. The molecule has 1 aromatic rings. The van der Waals surface area contributed by atoms with Crippen LogP contribution in [0.15, 0.2) is 6.20 Å². The molecular formula is C10H14F3N3O2. The predicted octanol–water partition coefficient (Wildman–Crippen LogP) is 1.84. The van der Waals surface area contributed by atoms with Crippen molar-refractivity contribution in [3.05, 3.63) is 11.9 Å². The Morgan fingerprint density at radius 1 is 1.50 bits per heavy atom. The number of aryl methyl sites for hydroxylation is 1. The van der Waals surface area contributed by atoms with Gasteiger partial charge in [-0.2, -0.15) is 13.2 Å². The van der Waals surface area contributed by atoms with Crippen molar-refractivity contribution in [2.75, 3.05) is 13.2 Å². The summed E-state index contributed by atoms with van der Waals surface area (Å²) in [4.78, 5) is 11.7. The van der Waals surface area contributed by atoms with Gasteiger partial charge in [0.15, 0.2) is 5.78 Å². The van der Waals surface area contributed by atoms with E-state index in [0.29, 0.717) is 12.2 Å². The van der Waals surface area contributed by atoms with E-state index in [1.807, 2.05) is 6.92 Å². The quantitative estimate of drug-likeness (QED) is 0.557. The van der Waals surface area contributed by atoms with Crippen LogP contribution in [0.3, 0.4) is 0 Å². The van der Waals surface area contributed by atoms with Crippen LogP contribution in [-0.4, -0.2) is 40.2 Å². The van der Waals surface area contributed by atoms with Gasteiger partial charge >= 0.3 is 6.18 Å². The van der Waals surface area contributed by atoms with Crippen molar-refractivity contribution in [2.45, 2.75) is 32.5 Å². The van der Waals surface area contributed by atoms with E-state index in [9.17, 15) is 18.0 Å². The SMILES string of the molecule is CCCn1nncc1C(=O)CCOCC(F)(F)F. The number of aromatic nitrogens is 3. The van der Waals surface area contributed by atoms with Crippen LogP contribution in [0.1, 0.15) is 30.3 Å². The maximum atomic E-state index is 11.8. The average molecular weight is 265 g/mol. The second-order valence-corrected chi connectivity index (χ2v) is 3.68. The van der Waals surface area contributed by atoms with E-state index in [1.54, 1.807) is 0 Å². The lowest BCUT2D eigenvalue weighted by atomic mass is 10.2. The molecule has 0 spiro atoms. The highest BCUT2D eigenvalue weighted by atomic mass is 19.4. The smallest absolute Gasteiger partial charge is 0.372 e. The van der Waals surface area contributed by atoms with E-state index in [-0.39, 0.29) is 18.8 Å². The highest BCUT2D eigenvalue weighted by Crippen LogP contribution is 2.14. The third-order valence-corrected chi connectivity index (χ3v) is 2.08. The molecule has 0 radical (unpaired) electrons. The molecule has 18 heavy (non-hydrogen) atoms. The van der Waals surface area contributed by atoms with Gasteiger partial charge in [-0.3, -0.25) is 4.79 Å². The van der Waals surface area contributed by atoms with Crippen LogP contribution in [-0.2, 0) is 11.3 Å². The molecule has 0 aliphatic heterocycles. The predicted molar refractivity (Wildman–Crippen MR) is 56.1 cm³/mol. The minimum atomic E-state index is -4.37. The molecule has 0 atom stereocenters. The van der Waals surface area contributed by atoms with Crippen molar-refractivity contribution in [1.29, 1.82) is 0 Å². The summed E-state index contributed by atoms with van der Waals surface area (Å²) in [5.41, 5.74) is 0.299. The fourth-order valence-electron chi connectivity index (χ4n) is 1.33. The standard InChI is InChI=1S/C10H14F3N3O2/c1-2-4-16-8(6-14-15-16)9(17)3-5-18-7-10(11,12)13/h6H,2-5,7H2,1H3. The lowest BCUT2D eigenvalue weighted by molar-refractivity contribution is -0.173. The van der Waals surface area contributed by atoms with Gasteiger partial charge in [0, 0.05) is 13.0 Å². The molecule has 0 N–H and O–H groups in total. The molecule has 0 saturated heterocycles. The fraction of sp³-hybridized carbons (Fsp3) is 0.700. The normalized spacial score (nSPS) is 11.8. The first-order chi connectivity index (χ1) is 8.44. The van der Waals surface area contributed by atoms with Gasteiger partial charge in [0.05, 0.1) is 12.8 Å². The Labute approximate surface area is 102 Å². The number of ether oxygens (including phenoxy) is 1. The summed E-state index contributed by atoms with van der Waals surface area (Å²) in [6.07, 6.45) is -2.39. The molecule has 0 aliphatic rings. The van der Waals surface area contributed by atoms with Gasteiger partial charge < -0.3 is 4.74 Å². The number of carbonyl (C=O) groups excluding carboxylic acids is 1. The number of hydrogen-bond acceptors (Lipinski definition) is 4. The van der Waals surface area contributed by atoms with Gasteiger partial charge in [-0.1, -0.05) is 12.1 Å². The van der Waals surface area contributed by atoms with Crippen LogP contribution in [0.25, 0.3) is 0 Å². The third-order valence-electron chi connectivity index (χ3n) is 2.08. The zero-order chi connectivity index (χ0) is 13.6. The van der Waals surface area contributed by atoms with Crippen molar-refractivity contribution in [3.63, 3.8) is 0 Å². The molecule has 1 heterocycles. The number of alkyl halides is 3. The number of nitrogens with zero attached hydrogens (tertiary/aromatic N) is 3. The first-order valence-electron chi connectivity index (χ1n) is 5.50. The van der Waals surface area contributed by atoms with Gasteiger partial charge in [-0.15, -0.1) is 5.10 Å². The minimum Gasteiger partial charge on any atom is -0.372 e. The fourth-order valence-corrected chi connectivity index (χ4v) is 1.33. The summed E-state index contributed by atoms with van der Waals surface area (Å²) >= 11 is 0. The summed E-state index contributed by atoms with van der Waals surface area (Å²) in [6.45, 7) is 0.856. The largest absolute Gasteiger partial charge is 0.411 e. The molecule has 0 aromatic carbocycles. The summed E-state index contributed by atoms with van der Waals surface area (Å²) in [5, 5.41) is 7.32. The van der Waals surface area contributed by atoms with E-state index in [0.717, 1.165) is 6.42 Å². The maximum absolute atomic E-state index is 11.8. The summed E-state index contributed by atoms with van der Waals surface area (Å²) in [7, 11) is 0. The van der Waals surface area contributed by atoms with E-state index < -0.39 is 12.8 Å². The van der Waals surface area contributed by atoms with Crippen LogP contribution in [0.4, 0.5) is 13.2 Å². The van der Waals surface area contributed by atoms with Crippen molar-refractivity contribution >= 4 is 5.78 Å². The Morgan fingerprint density at radius 3 is 2.83 bits per heavy atom. The Bertz CT molecular complexity index is 390. The Balaban J connectivity index is 2.38. The summed E-state index contributed by atoms with van der Waals surface area (Å²) in [6, 6.07) is 0. The highest BCUT2D eigenvalue weighted by molar-refractivity contribution is 5.94. The number of Topliss-reactive ketones (excluding diaryl/α,β-unsaturated/α-hetero) is 1. The van der Waals surface area contributed by atoms with Crippen LogP contribution in [0, 0.1) is 0 Å². The van der Waals surface area contributed by atoms with Gasteiger partial charge in [-0.25, -0.2) is 4.68 Å². The van der Waals surface area contributed by atoms with Crippen LogP contribution in [0.5, 0.6) is 0 Å². The van der Waals surface area contributed by atoms with Crippen molar-refractivity contribution in [1.82, 2.24) is 15.0 Å². The second kappa shape index (κ2) is 6.48. The van der Waals surface area contributed by atoms with E-state index >= 15 is 0 Å². The maximum Gasteiger partial charge on any atom is 0.411 e. The topological polar surface area (TPSA) is 57.0 Å². The van der Waals surface area contributed by atoms with Crippen LogP contribution in [0.2, 0.25) is 0 Å². The second-order valence-electron chi connectivity index (χ2n) is 3.68. The minimum absolute atomic E-state index is 0.118. The highest BCUT2D eigenvalue weighted by Gasteiger charge is 2.27. The molecular weight excluding hydrogens is 251 g/mol. The zero-order valence-corrected chi connectivity index (χ0v) is 9.90. The number of rotatable bonds is 7. The molecule has 0 unspecified atom stereocenters.